The highest BCUT2D eigenvalue weighted by Crippen LogP contribution is 2.41. The molecule has 3 rings (SSSR count). The van der Waals surface area contributed by atoms with Gasteiger partial charge in [-0.3, -0.25) is 14.5 Å². The van der Waals surface area contributed by atoms with Crippen molar-refractivity contribution in [1.29, 1.82) is 0 Å². The fourth-order valence-corrected chi connectivity index (χ4v) is 4.51. The number of thioether (sulfide) groups is 1. The number of carbonyl (C=O) groups is 3. The summed E-state index contributed by atoms with van der Waals surface area (Å²) in [5.74, 6) is -1.02. The molecule has 0 radical (unpaired) electrons. The van der Waals surface area contributed by atoms with E-state index in [1.165, 1.54) is 22.7 Å². The van der Waals surface area contributed by atoms with E-state index in [2.05, 4.69) is 11.9 Å². The number of allylic oxidation sites excluding steroid dienone is 1. The van der Waals surface area contributed by atoms with Crippen molar-refractivity contribution in [2.24, 2.45) is 0 Å². The highest BCUT2D eigenvalue weighted by Gasteiger charge is 2.54. The van der Waals surface area contributed by atoms with E-state index in [1.54, 1.807) is 0 Å². The SMILES string of the molecule is C=CC1=C(C(=O)OCC(Cl)(Cl)Cl)N2C(=O)[C@@H](NC(=O)Cc3ccccc3)[C@H]2SC1. The summed E-state index contributed by atoms with van der Waals surface area (Å²) < 4.78 is 3.28. The molecular formula is C19H17Cl3N2O4S. The number of fused-ring (bicyclic) bond motifs is 1. The van der Waals surface area contributed by atoms with Gasteiger partial charge >= 0.3 is 5.97 Å². The third-order valence-corrected chi connectivity index (χ3v) is 5.96. The lowest BCUT2D eigenvalue weighted by atomic mass is 10.0. The van der Waals surface area contributed by atoms with Gasteiger partial charge in [0, 0.05) is 5.75 Å². The number of hydrogen-bond acceptors (Lipinski definition) is 5. The summed E-state index contributed by atoms with van der Waals surface area (Å²) in [4.78, 5) is 38.9. The first-order chi connectivity index (χ1) is 13.7. The molecule has 29 heavy (non-hydrogen) atoms. The quantitative estimate of drug-likeness (QED) is 0.389. The first kappa shape index (κ1) is 22.0. The number of benzene rings is 1. The van der Waals surface area contributed by atoms with Crippen LogP contribution in [0.15, 0.2) is 54.3 Å². The maximum Gasteiger partial charge on any atom is 0.355 e. The third kappa shape index (κ3) is 5.09. The summed E-state index contributed by atoms with van der Waals surface area (Å²) in [5, 5.41) is 2.33. The minimum atomic E-state index is -1.76. The van der Waals surface area contributed by atoms with Gasteiger partial charge in [-0.05, 0) is 11.1 Å². The van der Waals surface area contributed by atoms with Crippen molar-refractivity contribution < 1.29 is 19.1 Å². The number of amides is 2. The largest absolute Gasteiger partial charge is 0.456 e. The normalized spacial score (nSPS) is 21.2. The molecule has 0 aliphatic carbocycles. The zero-order chi connectivity index (χ0) is 21.2. The van der Waals surface area contributed by atoms with E-state index in [9.17, 15) is 14.4 Å². The Morgan fingerprint density at radius 2 is 2.00 bits per heavy atom. The summed E-state index contributed by atoms with van der Waals surface area (Å²) in [6.45, 7) is 3.23. The van der Waals surface area contributed by atoms with Gasteiger partial charge in [0.1, 0.15) is 23.7 Å². The molecule has 1 aromatic carbocycles. The molecule has 0 spiro atoms. The highest BCUT2D eigenvalue weighted by molar-refractivity contribution is 8.00. The Morgan fingerprint density at radius 1 is 1.31 bits per heavy atom. The van der Waals surface area contributed by atoms with Crippen LogP contribution in [0.4, 0.5) is 0 Å². The molecule has 1 fully saturated rings. The number of esters is 1. The van der Waals surface area contributed by atoms with E-state index in [0.29, 0.717) is 11.3 Å². The number of halogens is 3. The summed E-state index contributed by atoms with van der Waals surface area (Å²) in [6.07, 6.45) is 1.65. The van der Waals surface area contributed by atoms with Gasteiger partial charge in [-0.1, -0.05) is 77.8 Å². The molecule has 2 atom stereocenters. The molecule has 0 unspecified atom stereocenters. The van der Waals surface area contributed by atoms with E-state index in [1.807, 2.05) is 30.3 Å². The molecule has 0 bridgehead atoms. The Kier molecular flexibility index (Phi) is 6.83. The van der Waals surface area contributed by atoms with Gasteiger partial charge in [-0.15, -0.1) is 11.8 Å². The van der Waals surface area contributed by atoms with Gasteiger partial charge in [0.05, 0.1) is 6.42 Å². The number of β-lactam (4-membered cyclic amide) rings is 1. The third-order valence-electron chi connectivity index (χ3n) is 4.33. The number of hydrogen-bond donors (Lipinski definition) is 1. The highest BCUT2D eigenvalue weighted by atomic mass is 35.6. The lowest BCUT2D eigenvalue weighted by Gasteiger charge is -2.49. The maximum absolute atomic E-state index is 12.7. The summed E-state index contributed by atoms with van der Waals surface area (Å²) in [7, 11) is 0. The molecule has 2 amide bonds. The second-order valence-electron chi connectivity index (χ2n) is 6.39. The predicted molar refractivity (Wildman–Crippen MR) is 114 cm³/mol. The minimum Gasteiger partial charge on any atom is -0.456 e. The Hall–Kier alpha value is -1.67. The molecule has 2 aliphatic rings. The van der Waals surface area contributed by atoms with E-state index >= 15 is 0 Å². The van der Waals surface area contributed by atoms with Crippen LogP contribution in [0.25, 0.3) is 0 Å². The number of nitrogens with one attached hydrogen (secondary N) is 1. The maximum atomic E-state index is 12.7. The fraction of sp³-hybridized carbons (Fsp3) is 0.316. The van der Waals surface area contributed by atoms with Crippen molar-refractivity contribution in [2.45, 2.75) is 21.6 Å². The van der Waals surface area contributed by atoms with Crippen LogP contribution in [0.3, 0.4) is 0 Å². The molecule has 2 aliphatic heterocycles. The summed E-state index contributed by atoms with van der Waals surface area (Å²) in [6, 6.07) is 8.49. The Morgan fingerprint density at radius 3 is 2.62 bits per heavy atom. The second kappa shape index (κ2) is 9.00. The van der Waals surface area contributed by atoms with Crippen LogP contribution < -0.4 is 5.32 Å². The second-order valence-corrected chi connectivity index (χ2v) is 10.0. The standard InChI is InChI=1S/C19H17Cl3N2O4S/c1-2-12-9-29-17-14(23-13(25)8-11-6-4-3-5-7-11)16(26)24(17)15(12)18(27)28-10-19(20,21)22/h2-7,14,17H,1,8-10H2,(H,23,25)/t14-,17-/m1/s1. The molecule has 1 saturated heterocycles. The van der Waals surface area contributed by atoms with Crippen LogP contribution in [0.5, 0.6) is 0 Å². The molecule has 6 nitrogen and oxygen atoms in total. The van der Waals surface area contributed by atoms with Crippen LogP contribution in [0.2, 0.25) is 0 Å². The fourth-order valence-electron chi connectivity index (χ4n) is 3.01. The summed E-state index contributed by atoms with van der Waals surface area (Å²) in [5.41, 5.74) is 1.45. The zero-order valence-corrected chi connectivity index (χ0v) is 18.2. The number of rotatable bonds is 6. The van der Waals surface area contributed by atoms with Crippen molar-refractivity contribution in [3.05, 3.63) is 59.8 Å². The predicted octanol–water partition coefficient (Wildman–Crippen LogP) is 2.98. The van der Waals surface area contributed by atoms with Crippen molar-refractivity contribution in [1.82, 2.24) is 10.2 Å². The Labute approximate surface area is 187 Å². The molecule has 10 heteroatoms. The van der Waals surface area contributed by atoms with Crippen molar-refractivity contribution in [3.8, 4) is 0 Å². The van der Waals surface area contributed by atoms with E-state index in [-0.39, 0.29) is 18.0 Å². The Balaban J connectivity index is 1.69. The van der Waals surface area contributed by atoms with Gasteiger partial charge in [0.15, 0.2) is 0 Å². The Bertz CT molecular complexity index is 870. The topological polar surface area (TPSA) is 75.7 Å². The van der Waals surface area contributed by atoms with E-state index in [0.717, 1.165) is 5.56 Å². The minimum absolute atomic E-state index is 0.0663. The van der Waals surface area contributed by atoms with Crippen LogP contribution in [0, 0.1) is 0 Å². The average Bonchev–Trinajstić information content (AvgIpc) is 2.69. The van der Waals surface area contributed by atoms with Crippen LogP contribution in [-0.2, 0) is 25.5 Å². The smallest absolute Gasteiger partial charge is 0.355 e. The molecule has 1 aromatic rings. The van der Waals surface area contributed by atoms with Crippen molar-refractivity contribution in [2.75, 3.05) is 12.4 Å². The molecule has 154 valence electrons. The molecule has 0 saturated carbocycles. The number of nitrogens with zero attached hydrogens (tertiary/aromatic N) is 1. The number of ether oxygens (including phenoxy) is 1. The lowest BCUT2D eigenvalue weighted by Crippen LogP contribution is -2.70. The summed E-state index contributed by atoms with van der Waals surface area (Å²) >= 11 is 18.3. The lowest BCUT2D eigenvalue weighted by molar-refractivity contribution is -0.152. The van der Waals surface area contributed by atoms with Crippen LogP contribution in [0.1, 0.15) is 5.56 Å². The molecular weight excluding hydrogens is 459 g/mol. The van der Waals surface area contributed by atoms with E-state index in [4.69, 9.17) is 39.5 Å². The first-order valence-electron chi connectivity index (χ1n) is 8.58. The van der Waals surface area contributed by atoms with Gasteiger partial charge < -0.3 is 10.1 Å². The van der Waals surface area contributed by atoms with Crippen molar-refractivity contribution in [3.63, 3.8) is 0 Å². The number of alkyl halides is 3. The molecule has 0 aromatic heterocycles. The van der Waals surface area contributed by atoms with Gasteiger partial charge in [0.25, 0.3) is 5.91 Å². The number of carbonyl (C=O) groups excluding carboxylic acids is 3. The molecule has 2 heterocycles. The average molecular weight is 476 g/mol. The monoisotopic (exact) mass is 474 g/mol. The van der Waals surface area contributed by atoms with Gasteiger partial charge in [-0.2, -0.15) is 0 Å². The van der Waals surface area contributed by atoms with Gasteiger partial charge in [-0.25, -0.2) is 4.79 Å². The van der Waals surface area contributed by atoms with Crippen LogP contribution in [-0.4, -0.2) is 50.3 Å². The van der Waals surface area contributed by atoms with Crippen LogP contribution >= 0.6 is 46.6 Å². The first-order valence-corrected chi connectivity index (χ1v) is 10.8. The zero-order valence-electron chi connectivity index (χ0n) is 15.1. The van der Waals surface area contributed by atoms with Gasteiger partial charge in [0.2, 0.25) is 9.70 Å². The van der Waals surface area contributed by atoms with E-state index < -0.39 is 33.7 Å². The van der Waals surface area contributed by atoms with Crippen molar-refractivity contribution >= 4 is 64.3 Å². The molecule has 1 N–H and O–H groups in total.